The van der Waals surface area contributed by atoms with Gasteiger partial charge in [-0.15, -0.1) is 0 Å². The highest BCUT2D eigenvalue weighted by molar-refractivity contribution is 5.51. The van der Waals surface area contributed by atoms with Gasteiger partial charge in [-0.05, 0) is 25.5 Å². The van der Waals surface area contributed by atoms with Gasteiger partial charge in [0.2, 0.25) is 0 Å². The van der Waals surface area contributed by atoms with E-state index in [4.69, 9.17) is 5.73 Å². The Labute approximate surface area is 73.0 Å². The molecular formula is C9H15N3. The molecule has 1 aromatic rings. The van der Waals surface area contributed by atoms with Crippen LogP contribution in [0.4, 0.5) is 5.69 Å². The van der Waals surface area contributed by atoms with Gasteiger partial charge in [-0.1, -0.05) is 0 Å². The van der Waals surface area contributed by atoms with Crippen molar-refractivity contribution in [3.63, 3.8) is 0 Å². The zero-order chi connectivity index (χ0) is 8.97. The van der Waals surface area contributed by atoms with Crippen LogP contribution in [0.1, 0.15) is 11.3 Å². The summed E-state index contributed by atoms with van der Waals surface area (Å²) < 4.78 is 0. The van der Waals surface area contributed by atoms with Crippen molar-refractivity contribution < 1.29 is 0 Å². The van der Waals surface area contributed by atoms with Crippen LogP contribution in [0.15, 0.2) is 12.3 Å². The third-order valence-corrected chi connectivity index (χ3v) is 1.92. The van der Waals surface area contributed by atoms with Crippen molar-refractivity contribution in [1.29, 1.82) is 0 Å². The van der Waals surface area contributed by atoms with Gasteiger partial charge in [0.05, 0.1) is 0 Å². The summed E-state index contributed by atoms with van der Waals surface area (Å²) >= 11 is 0. The molecule has 66 valence electrons. The minimum Gasteiger partial charge on any atom is -0.383 e. The molecular weight excluding hydrogens is 150 g/mol. The number of anilines is 1. The lowest BCUT2D eigenvalue weighted by molar-refractivity contribution is 1.01. The average Bonchev–Trinajstić information content (AvgIpc) is 2.08. The summed E-state index contributed by atoms with van der Waals surface area (Å²) in [4.78, 5) is 4.18. The van der Waals surface area contributed by atoms with Crippen LogP contribution in [0.3, 0.4) is 0 Å². The SMILES string of the molecule is Cc1nccc(NCCN)c1C. The number of nitrogens with zero attached hydrogens (tertiary/aromatic N) is 1. The number of pyridine rings is 1. The lowest BCUT2D eigenvalue weighted by atomic mass is 10.2. The Balaban J connectivity index is 2.78. The highest BCUT2D eigenvalue weighted by atomic mass is 14.9. The van der Waals surface area contributed by atoms with Crippen LogP contribution in [0, 0.1) is 13.8 Å². The van der Waals surface area contributed by atoms with Crippen LogP contribution >= 0.6 is 0 Å². The average molecular weight is 165 g/mol. The summed E-state index contributed by atoms with van der Waals surface area (Å²) in [7, 11) is 0. The van der Waals surface area contributed by atoms with E-state index >= 15 is 0 Å². The van der Waals surface area contributed by atoms with Crippen molar-refractivity contribution in [2.75, 3.05) is 18.4 Å². The molecule has 1 rings (SSSR count). The molecule has 0 spiro atoms. The molecule has 0 fully saturated rings. The minimum absolute atomic E-state index is 0.654. The molecule has 0 saturated carbocycles. The van der Waals surface area contributed by atoms with E-state index in [-0.39, 0.29) is 0 Å². The maximum Gasteiger partial charge on any atom is 0.0422 e. The predicted molar refractivity (Wildman–Crippen MR) is 51.3 cm³/mol. The van der Waals surface area contributed by atoms with Crippen LogP contribution < -0.4 is 11.1 Å². The second-order valence-electron chi connectivity index (χ2n) is 2.78. The van der Waals surface area contributed by atoms with E-state index in [1.54, 1.807) is 6.20 Å². The van der Waals surface area contributed by atoms with Gasteiger partial charge in [-0.25, -0.2) is 0 Å². The number of aromatic nitrogens is 1. The second kappa shape index (κ2) is 4.07. The van der Waals surface area contributed by atoms with Crippen LogP contribution in [-0.2, 0) is 0 Å². The molecule has 1 heterocycles. The molecule has 0 aliphatic carbocycles. The lowest BCUT2D eigenvalue weighted by Crippen LogP contribution is -2.14. The van der Waals surface area contributed by atoms with Crippen LogP contribution in [0.25, 0.3) is 0 Å². The second-order valence-corrected chi connectivity index (χ2v) is 2.78. The quantitative estimate of drug-likeness (QED) is 0.704. The topological polar surface area (TPSA) is 50.9 Å². The van der Waals surface area contributed by atoms with Gasteiger partial charge >= 0.3 is 0 Å². The lowest BCUT2D eigenvalue weighted by Gasteiger charge is -2.08. The molecule has 0 saturated heterocycles. The standard InChI is InChI=1S/C9H15N3/c1-7-8(2)11-5-3-9(7)12-6-4-10/h3,5H,4,6,10H2,1-2H3,(H,11,12). The number of nitrogens with one attached hydrogen (secondary N) is 1. The first kappa shape index (κ1) is 9.00. The molecule has 3 N–H and O–H groups in total. The van der Waals surface area contributed by atoms with Gasteiger partial charge in [-0.2, -0.15) is 0 Å². The molecule has 0 atom stereocenters. The van der Waals surface area contributed by atoms with E-state index in [2.05, 4.69) is 17.2 Å². The Hall–Kier alpha value is -1.09. The van der Waals surface area contributed by atoms with Crippen LogP contribution in [0.2, 0.25) is 0 Å². The van der Waals surface area contributed by atoms with E-state index < -0.39 is 0 Å². The summed E-state index contributed by atoms with van der Waals surface area (Å²) in [6.45, 7) is 5.52. The van der Waals surface area contributed by atoms with E-state index in [0.717, 1.165) is 17.9 Å². The van der Waals surface area contributed by atoms with Crippen molar-refractivity contribution in [1.82, 2.24) is 4.98 Å². The molecule has 0 radical (unpaired) electrons. The number of hydrogen-bond acceptors (Lipinski definition) is 3. The summed E-state index contributed by atoms with van der Waals surface area (Å²) in [6.07, 6.45) is 1.81. The van der Waals surface area contributed by atoms with E-state index in [9.17, 15) is 0 Å². The Kier molecular flexibility index (Phi) is 3.05. The highest BCUT2D eigenvalue weighted by Gasteiger charge is 1.98. The van der Waals surface area contributed by atoms with Gasteiger partial charge in [0.25, 0.3) is 0 Å². The predicted octanol–water partition coefficient (Wildman–Crippen LogP) is 1.07. The van der Waals surface area contributed by atoms with Crippen LogP contribution in [-0.4, -0.2) is 18.1 Å². The van der Waals surface area contributed by atoms with E-state index in [0.29, 0.717) is 6.54 Å². The molecule has 3 nitrogen and oxygen atoms in total. The number of hydrogen-bond donors (Lipinski definition) is 2. The Morgan fingerprint density at radius 1 is 1.50 bits per heavy atom. The molecule has 3 heteroatoms. The third kappa shape index (κ3) is 1.95. The first-order valence-electron chi connectivity index (χ1n) is 4.12. The third-order valence-electron chi connectivity index (χ3n) is 1.92. The molecule has 0 unspecified atom stereocenters. The van der Waals surface area contributed by atoms with Crippen molar-refractivity contribution in [3.05, 3.63) is 23.5 Å². The van der Waals surface area contributed by atoms with Crippen molar-refractivity contribution in [2.24, 2.45) is 5.73 Å². The minimum atomic E-state index is 0.654. The first-order valence-corrected chi connectivity index (χ1v) is 4.12. The molecule has 0 aromatic carbocycles. The van der Waals surface area contributed by atoms with Gasteiger partial charge in [-0.3, -0.25) is 4.98 Å². The van der Waals surface area contributed by atoms with Gasteiger partial charge in [0.1, 0.15) is 0 Å². The fourth-order valence-corrected chi connectivity index (χ4v) is 1.04. The smallest absolute Gasteiger partial charge is 0.0422 e. The zero-order valence-corrected chi connectivity index (χ0v) is 7.59. The summed E-state index contributed by atoms with van der Waals surface area (Å²) in [5.74, 6) is 0. The van der Waals surface area contributed by atoms with Gasteiger partial charge in [0, 0.05) is 30.7 Å². The van der Waals surface area contributed by atoms with Crippen LogP contribution in [0.5, 0.6) is 0 Å². The Morgan fingerprint density at radius 2 is 2.25 bits per heavy atom. The van der Waals surface area contributed by atoms with Crippen molar-refractivity contribution in [2.45, 2.75) is 13.8 Å². The molecule has 0 bridgehead atoms. The zero-order valence-electron chi connectivity index (χ0n) is 7.59. The largest absolute Gasteiger partial charge is 0.383 e. The molecule has 0 aliphatic heterocycles. The first-order chi connectivity index (χ1) is 5.75. The van der Waals surface area contributed by atoms with Crippen molar-refractivity contribution in [3.8, 4) is 0 Å². The number of nitrogens with two attached hydrogens (primary N) is 1. The van der Waals surface area contributed by atoms with Gasteiger partial charge < -0.3 is 11.1 Å². The molecule has 0 aliphatic rings. The van der Waals surface area contributed by atoms with E-state index in [1.165, 1.54) is 5.56 Å². The summed E-state index contributed by atoms with van der Waals surface area (Å²) in [6, 6.07) is 1.97. The highest BCUT2D eigenvalue weighted by Crippen LogP contribution is 2.14. The Morgan fingerprint density at radius 3 is 2.92 bits per heavy atom. The normalized spacial score (nSPS) is 9.92. The van der Waals surface area contributed by atoms with E-state index in [1.807, 2.05) is 13.0 Å². The monoisotopic (exact) mass is 165 g/mol. The Bertz CT molecular complexity index is 258. The summed E-state index contributed by atoms with van der Waals surface area (Å²) in [5.41, 5.74) is 8.79. The maximum atomic E-state index is 5.39. The fraction of sp³-hybridized carbons (Fsp3) is 0.444. The van der Waals surface area contributed by atoms with Crippen molar-refractivity contribution >= 4 is 5.69 Å². The summed E-state index contributed by atoms with van der Waals surface area (Å²) in [5, 5.41) is 3.24. The number of rotatable bonds is 3. The van der Waals surface area contributed by atoms with Gasteiger partial charge in [0.15, 0.2) is 0 Å². The molecule has 12 heavy (non-hydrogen) atoms. The molecule has 1 aromatic heterocycles. The molecule has 0 amide bonds. The fourth-order valence-electron chi connectivity index (χ4n) is 1.04. The number of aryl methyl sites for hydroxylation is 1. The maximum absolute atomic E-state index is 5.39.